The Morgan fingerprint density at radius 2 is 1.97 bits per heavy atom. The molecule has 0 saturated carbocycles. The normalized spacial score (nSPS) is 19.0. The molecule has 6 nitrogen and oxygen atoms in total. The number of amides is 2. The number of nitrogens with zero attached hydrogens (tertiary/aromatic N) is 2. The number of piperidine rings is 1. The van der Waals surface area contributed by atoms with E-state index < -0.39 is 12.0 Å². The van der Waals surface area contributed by atoms with Gasteiger partial charge < -0.3 is 19.9 Å². The van der Waals surface area contributed by atoms with Gasteiger partial charge in [-0.05, 0) is 44.0 Å². The second kappa shape index (κ2) is 8.52. The fourth-order valence-electron chi connectivity index (χ4n) is 4.15. The Kier molecular flexibility index (Phi) is 5.81. The summed E-state index contributed by atoms with van der Waals surface area (Å²) in [5.41, 5.74) is 2.15. The van der Waals surface area contributed by atoms with Crippen molar-refractivity contribution in [2.45, 2.75) is 32.0 Å². The molecule has 0 bridgehead atoms. The number of carbonyl (C=O) groups is 2. The summed E-state index contributed by atoms with van der Waals surface area (Å²) in [5, 5.41) is 3.37. The zero-order valence-electron chi connectivity index (χ0n) is 16.6. The van der Waals surface area contributed by atoms with Crippen molar-refractivity contribution in [3.05, 3.63) is 64.4 Å². The van der Waals surface area contributed by atoms with Crippen LogP contribution in [-0.2, 0) is 4.74 Å². The van der Waals surface area contributed by atoms with Crippen molar-refractivity contribution in [3.63, 3.8) is 0 Å². The van der Waals surface area contributed by atoms with Gasteiger partial charge in [-0.15, -0.1) is 0 Å². The number of anilines is 1. The molecule has 2 aliphatic heterocycles. The third kappa shape index (κ3) is 3.81. The van der Waals surface area contributed by atoms with Crippen LogP contribution in [0.2, 0.25) is 5.02 Å². The van der Waals surface area contributed by atoms with Crippen molar-refractivity contribution < 1.29 is 18.7 Å². The van der Waals surface area contributed by atoms with Crippen molar-refractivity contribution in [1.29, 1.82) is 0 Å². The molecule has 0 aliphatic carbocycles. The lowest BCUT2D eigenvalue weighted by atomic mass is 10.0. The Labute approximate surface area is 179 Å². The molecule has 0 radical (unpaired) electrons. The van der Waals surface area contributed by atoms with Crippen LogP contribution in [0.1, 0.15) is 41.9 Å². The summed E-state index contributed by atoms with van der Waals surface area (Å²) in [7, 11) is 0. The molecular formula is C22H23ClFN3O3. The summed E-state index contributed by atoms with van der Waals surface area (Å²) in [6, 6.07) is 11.9. The van der Waals surface area contributed by atoms with Gasteiger partial charge in [-0.25, -0.2) is 9.18 Å². The van der Waals surface area contributed by atoms with Gasteiger partial charge in [-0.3, -0.25) is 4.79 Å². The largest absolute Gasteiger partial charge is 0.450 e. The summed E-state index contributed by atoms with van der Waals surface area (Å²) in [5.74, 6) is -0.542. The number of fused-ring (bicyclic) bond motifs is 1. The fourth-order valence-corrected chi connectivity index (χ4v) is 4.33. The quantitative estimate of drug-likeness (QED) is 0.764. The minimum Gasteiger partial charge on any atom is -0.450 e. The molecule has 0 aromatic heterocycles. The van der Waals surface area contributed by atoms with Gasteiger partial charge in [0.05, 0.1) is 11.6 Å². The van der Waals surface area contributed by atoms with E-state index in [1.807, 2.05) is 29.2 Å². The van der Waals surface area contributed by atoms with Crippen molar-refractivity contribution in [1.82, 2.24) is 9.80 Å². The molecule has 2 aromatic carbocycles. The van der Waals surface area contributed by atoms with E-state index in [0.29, 0.717) is 43.8 Å². The van der Waals surface area contributed by atoms with E-state index in [1.165, 1.54) is 12.1 Å². The lowest BCUT2D eigenvalue weighted by molar-refractivity contribution is 0.0496. The average molecular weight is 432 g/mol. The highest BCUT2D eigenvalue weighted by molar-refractivity contribution is 6.31. The third-order valence-corrected chi connectivity index (χ3v) is 5.89. The molecule has 2 aliphatic rings. The summed E-state index contributed by atoms with van der Waals surface area (Å²) in [6.07, 6.45) is 0.596. The minimum absolute atomic E-state index is 0.0203. The number of nitrogens with one attached hydrogen (secondary N) is 1. The zero-order valence-corrected chi connectivity index (χ0v) is 17.4. The third-order valence-electron chi connectivity index (χ3n) is 5.61. The maximum atomic E-state index is 13.6. The van der Waals surface area contributed by atoms with E-state index in [2.05, 4.69) is 5.32 Å². The maximum Gasteiger partial charge on any atom is 0.409 e. The highest BCUT2D eigenvalue weighted by atomic mass is 35.5. The number of ether oxygens (including phenoxy) is 1. The second-order valence-corrected chi connectivity index (χ2v) is 7.80. The van der Waals surface area contributed by atoms with Crippen LogP contribution < -0.4 is 5.32 Å². The molecule has 0 spiro atoms. The predicted molar refractivity (Wildman–Crippen MR) is 112 cm³/mol. The number of rotatable bonds is 4. The molecule has 2 amide bonds. The van der Waals surface area contributed by atoms with E-state index in [4.69, 9.17) is 16.3 Å². The van der Waals surface area contributed by atoms with E-state index in [1.54, 1.807) is 17.9 Å². The van der Waals surface area contributed by atoms with Crippen LogP contribution in [0.15, 0.2) is 42.5 Å². The topological polar surface area (TPSA) is 61.9 Å². The summed E-state index contributed by atoms with van der Waals surface area (Å²) in [4.78, 5) is 28.7. The molecule has 158 valence electrons. The number of hydrogen-bond acceptors (Lipinski definition) is 4. The molecule has 1 fully saturated rings. The lowest BCUT2D eigenvalue weighted by Gasteiger charge is -2.39. The van der Waals surface area contributed by atoms with Crippen LogP contribution in [0, 0.1) is 5.82 Å². The van der Waals surface area contributed by atoms with Gasteiger partial charge in [-0.1, -0.05) is 29.8 Å². The van der Waals surface area contributed by atoms with Gasteiger partial charge in [0.25, 0.3) is 5.91 Å². The fraction of sp³-hybridized carbons (Fsp3) is 0.364. The standard InChI is InChI=1S/C22H23ClFN3O3/c1-2-30-22(29)26-11-9-15(10-12-26)27-20(16-5-3-4-6-17(16)21(27)28)25-14-7-8-19(24)18(23)13-14/h3-8,13,15,20,25H,2,9-12H2,1H3. The molecule has 30 heavy (non-hydrogen) atoms. The number of hydrogen-bond donors (Lipinski definition) is 1. The Hall–Kier alpha value is -2.80. The van der Waals surface area contributed by atoms with Gasteiger partial charge in [0.1, 0.15) is 12.0 Å². The first-order valence-electron chi connectivity index (χ1n) is 10.0. The first-order chi connectivity index (χ1) is 14.5. The highest BCUT2D eigenvalue weighted by Gasteiger charge is 2.42. The maximum absolute atomic E-state index is 13.6. The van der Waals surface area contributed by atoms with Crippen LogP contribution in [0.25, 0.3) is 0 Å². The number of benzene rings is 2. The van der Waals surface area contributed by atoms with Gasteiger partial charge in [0.2, 0.25) is 0 Å². The summed E-state index contributed by atoms with van der Waals surface area (Å²) in [6.45, 7) is 3.17. The molecule has 1 N–H and O–H groups in total. The number of halogens is 2. The predicted octanol–water partition coefficient (Wildman–Crippen LogP) is 4.67. The van der Waals surface area contributed by atoms with Crippen molar-refractivity contribution >= 4 is 29.3 Å². The monoisotopic (exact) mass is 431 g/mol. The van der Waals surface area contributed by atoms with Gasteiger partial charge >= 0.3 is 6.09 Å². The Bertz CT molecular complexity index is 962. The van der Waals surface area contributed by atoms with E-state index in [-0.39, 0.29) is 23.1 Å². The van der Waals surface area contributed by atoms with Crippen LogP contribution >= 0.6 is 11.6 Å². The lowest BCUT2D eigenvalue weighted by Crippen LogP contribution is -2.49. The number of carbonyl (C=O) groups excluding carboxylic acids is 2. The van der Waals surface area contributed by atoms with Gasteiger partial charge in [-0.2, -0.15) is 0 Å². The Morgan fingerprint density at radius 1 is 1.23 bits per heavy atom. The first-order valence-corrected chi connectivity index (χ1v) is 10.4. The smallest absolute Gasteiger partial charge is 0.409 e. The minimum atomic E-state index is -0.492. The van der Waals surface area contributed by atoms with Gasteiger partial charge in [0, 0.05) is 35.9 Å². The molecule has 1 unspecified atom stereocenters. The highest BCUT2D eigenvalue weighted by Crippen LogP contribution is 2.38. The summed E-state index contributed by atoms with van der Waals surface area (Å²) < 4.78 is 18.7. The second-order valence-electron chi connectivity index (χ2n) is 7.39. The molecule has 2 heterocycles. The van der Waals surface area contributed by atoms with Crippen LogP contribution in [-0.4, -0.2) is 47.5 Å². The first kappa shape index (κ1) is 20.5. The zero-order chi connectivity index (χ0) is 21.3. The Morgan fingerprint density at radius 3 is 2.67 bits per heavy atom. The average Bonchev–Trinajstić information content (AvgIpc) is 3.03. The molecule has 8 heteroatoms. The van der Waals surface area contributed by atoms with E-state index in [9.17, 15) is 14.0 Å². The van der Waals surface area contributed by atoms with Crippen LogP contribution in [0.3, 0.4) is 0 Å². The molecular weight excluding hydrogens is 409 g/mol. The molecule has 2 aromatic rings. The van der Waals surface area contributed by atoms with Crippen molar-refractivity contribution in [2.75, 3.05) is 25.0 Å². The van der Waals surface area contributed by atoms with E-state index in [0.717, 1.165) is 5.56 Å². The van der Waals surface area contributed by atoms with E-state index >= 15 is 0 Å². The van der Waals surface area contributed by atoms with Crippen LogP contribution in [0.5, 0.6) is 0 Å². The molecule has 4 rings (SSSR count). The van der Waals surface area contributed by atoms with Crippen molar-refractivity contribution in [3.8, 4) is 0 Å². The molecule has 1 atom stereocenters. The van der Waals surface area contributed by atoms with Crippen LogP contribution in [0.4, 0.5) is 14.9 Å². The van der Waals surface area contributed by atoms with Crippen molar-refractivity contribution in [2.24, 2.45) is 0 Å². The molecule has 1 saturated heterocycles. The van der Waals surface area contributed by atoms with Gasteiger partial charge in [0.15, 0.2) is 0 Å². The SMILES string of the molecule is CCOC(=O)N1CCC(N2C(=O)c3ccccc3C2Nc2ccc(F)c(Cl)c2)CC1. The summed E-state index contributed by atoms with van der Waals surface area (Å²) >= 11 is 5.94. The number of likely N-dealkylation sites (tertiary alicyclic amines) is 1. The Balaban J connectivity index is 1.57.